The van der Waals surface area contributed by atoms with Gasteiger partial charge in [-0.1, -0.05) is 0 Å². The molecule has 2 atom stereocenters. The van der Waals surface area contributed by atoms with Crippen LogP contribution in [0.2, 0.25) is 0 Å². The van der Waals surface area contributed by atoms with Crippen LogP contribution >= 0.6 is 0 Å². The number of alkyl halides is 6. The average Bonchev–Trinajstić information content (AvgIpc) is 2.71. The molecule has 2 aromatic rings. The summed E-state index contributed by atoms with van der Waals surface area (Å²) in [5.41, 5.74) is -3.22. The molecule has 32 heavy (non-hydrogen) atoms. The molecule has 0 aliphatic heterocycles. The van der Waals surface area contributed by atoms with Crippen molar-refractivity contribution < 1.29 is 35.8 Å². The standard InChI is InChI=1S/C22H18F6N2O2/c1-13(31-17-7-5-15(11-29)19(9-17)21(23,24)25)3-4-14(2)32-18-8-6-16(12-30)20(10-18)22(26,27)28/h5-10,13-14H,3-4H2,1-2H3/t13-,14-/m1/s1. The lowest BCUT2D eigenvalue weighted by atomic mass is 10.1. The lowest BCUT2D eigenvalue weighted by Gasteiger charge is -2.20. The topological polar surface area (TPSA) is 66.0 Å². The van der Waals surface area contributed by atoms with Gasteiger partial charge in [0.2, 0.25) is 0 Å². The van der Waals surface area contributed by atoms with Gasteiger partial charge in [0.25, 0.3) is 0 Å². The number of nitriles is 2. The number of hydrogen-bond donors (Lipinski definition) is 0. The van der Waals surface area contributed by atoms with Crippen LogP contribution in [-0.4, -0.2) is 12.2 Å². The van der Waals surface area contributed by atoms with E-state index in [1.165, 1.54) is 24.3 Å². The summed E-state index contributed by atoms with van der Waals surface area (Å²) in [6.07, 6.45) is -9.78. The lowest BCUT2D eigenvalue weighted by molar-refractivity contribution is -0.138. The van der Waals surface area contributed by atoms with Crippen molar-refractivity contribution in [1.82, 2.24) is 0 Å². The fourth-order valence-electron chi connectivity index (χ4n) is 2.91. The molecule has 0 aliphatic carbocycles. The van der Waals surface area contributed by atoms with E-state index in [0.717, 1.165) is 24.3 Å². The van der Waals surface area contributed by atoms with Gasteiger partial charge in [0.05, 0.1) is 46.6 Å². The summed E-state index contributed by atoms with van der Waals surface area (Å²) in [7, 11) is 0. The fourth-order valence-corrected chi connectivity index (χ4v) is 2.91. The monoisotopic (exact) mass is 456 g/mol. The van der Waals surface area contributed by atoms with E-state index < -0.39 is 46.8 Å². The van der Waals surface area contributed by atoms with Crippen molar-refractivity contribution in [2.45, 2.75) is 51.2 Å². The molecule has 0 bridgehead atoms. The van der Waals surface area contributed by atoms with E-state index in [0.29, 0.717) is 12.8 Å². The second-order valence-corrected chi connectivity index (χ2v) is 7.07. The van der Waals surface area contributed by atoms with Crippen LogP contribution in [0.15, 0.2) is 36.4 Å². The highest BCUT2D eigenvalue weighted by molar-refractivity contribution is 5.45. The SMILES string of the molecule is C[C@H](CC[C@@H](C)Oc1ccc(C#N)c(C(F)(F)F)c1)Oc1ccc(C#N)c(C(F)(F)F)c1. The third kappa shape index (κ3) is 6.55. The van der Waals surface area contributed by atoms with Crippen molar-refractivity contribution in [3.8, 4) is 23.6 Å². The molecule has 0 aromatic heterocycles. The number of ether oxygens (including phenoxy) is 2. The first kappa shape index (κ1) is 24.9. The molecule has 0 saturated carbocycles. The zero-order valence-electron chi connectivity index (χ0n) is 17.0. The van der Waals surface area contributed by atoms with Gasteiger partial charge < -0.3 is 9.47 Å². The van der Waals surface area contributed by atoms with Gasteiger partial charge >= 0.3 is 12.4 Å². The third-order valence-electron chi connectivity index (χ3n) is 4.49. The summed E-state index contributed by atoms with van der Waals surface area (Å²) in [5, 5.41) is 17.7. The Hall–Kier alpha value is -3.40. The minimum absolute atomic E-state index is 0.0562. The Labute approximate surface area is 180 Å². The molecule has 0 radical (unpaired) electrons. The smallest absolute Gasteiger partial charge is 0.417 e. The van der Waals surface area contributed by atoms with Crippen LogP contribution < -0.4 is 9.47 Å². The zero-order valence-corrected chi connectivity index (χ0v) is 17.0. The molecule has 0 unspecified atom stereocenters. The average molecular weight is 456 g/mol. The highest BCUT2D eigenvalue weighted by Gasteiger charge is 2.35. The first-order chi connectivity index (χ1) is 14.8. The van der Waals surface area contributed by atoms with Gasteiger partial charge in [-0.2, -0.15) is 36.9 Å². The van der Waals surface area contributed by atoms with Gasteiger partial charge in [-0.3, -0.25) is 0 Å². The molecule has 0 saturated heterocycles. The summed E-state index contributed by atoms with van der Waals surface area (Å²) in [6, 6.07) is 9.06. The Bertz CT molecular complexity index is 951. The Morgan fingerprint density at radius 2 is 1.06 bits per heavy atom. The maximum atomic E-state index is 13.1. The second kappa shape index (κ2) is 9.82. The second-order valence-electron chi connectivity index (χ2n) is 7.07. The predicted molar refractivity (Wildman–Crippen MR) is 102 cm³/mol. The lowest BCUT2D eigenvalue weighted by Crippen LogP contribution is -2.19. The molecule has 4 nitrogen and oxygen atoms in total. The molecule has 170 valence electrons. The number of halogens is 6. The highest BCUT2D eigenvalue weighted by atomic mass is 19.4. The first-order valence-corrected chi connectivity index (χ1v) is 9.41. The molecule has 2 aromatic carbocycles. The van der Waals surface area contributed by atoms with Gasteiger partial charge in [0, 0.05) is 0 Å². The molecule has 0 aliphatic rings. The van der Waals surface area contributed by atoms with Crippen LogP contribution in [-0.2, 0) is 12.4 Å². The maximum absolute atomic E-state index is 13.1. The van der Waals surface area contributed by atoms with Crippen LogP contribution in [0.1, 0.15) is 48.9 Å². The van der Waals surface area contributed by atoms with E-state index in [1.807, 2.05) is 0 Å². The number of benzene rings is 2. The molecule has 0 amide bonds. The summed E-state index contributed by atoms with van der Waals surface area (Å²) >= 11 is 0. The van der Waals surface area contributed by atoms with E-state index in [2.05, 4.69) is 0 Å². The van der Waals surface area contributed by atoms with E-state index in [9.17, 15) is 26.3 Å². The Morgan fingerprint density at radius 1 is 0.719 bits per heavy atom. The van der Waals surface area contributed by atoms with Crippen molar-refractivity contribution in [1.29, 1.82) is 10.5 Å². The normalized spacial score (nSPS) is 13.6. The molecule has 0 N–H and O–H groups in total. The molecule has 0 fully saturated rings. The van der Waals surface area contributed by atoms with E-state index in [4.69, 9.17) is 20.0 Å². The molecule has 2 rings (SSSR count). The minimum Gasteiger partial charge on any atom is -0.491 e. The molecular weight excluding hydrogens is 438 g/mol. The van der Waals surface area contributed by atoms with Crippen LogP contribution in [0.25, 0.3) is 0 Å². The third-order valence-corrected chi connectivity index (χ3v) is 4.49. The quantitative estimate of drug-likeness (QED) is 0.447. The van der Waals surface area contributed by atoms with Crippen molar-refractivity contribution in [2.75, 3.05) is 0 Å². The number of nitrogens with zero attached hydrogens (tertiary/aromatic N) is 2. The minimum atomic E-state index is -4.70. The highest BCUT2D eigenvalue weighted by Crippen LogP contribution is 2.35. The van der Waals surface area contributed by atoms with Gasteiger partial charge in [-0.25, -0.2) is 0 Å². The zero-order chi connectivity index (χ0) is 24.1. The summed E-state index contributed by atoms with van der Waals surface area (Å²) in [6.45, 7) is 3.25. The van der Waals surface area contributed by atoms with Gasteiger partial charge in [0.1, 0.15) is 11.5 Å². The van der Waals surface area contributed by atoms with Crippen molar-refractivity contribution in [3.05, 3.63) is 58.7 Å². The van der Waals surface area contributed by atoms with Crippen molar-refractivity contribution in [3.63, 3.8) is 0 Å². The van der Waals surface area contributed by atoms with Gasteiger partial charge in [-0.15, -0.1) is 0 Å². The Kier molecular flexibility index (Phi) is 7.63. The summed E-state index contributed by atoms with van der Waals surface area (Å²) in [5.74, 6) is -0.112. The summed E-state index contributed by atoms with van der Waals surface area (Å²) in [4.78, 5) is 0. The van der Waals surface area contributed by atoms with Crippen LogP contribution in [0.4, 0.5) is 26.3 Å². The Balaban J connectivity index is 1.99. The molecular formula is C22H18F6N2O2. The van der Waals surface area contributed by atoms with Gasteiger partial charge in [-0.05, 0) is 63.1 Å². The maximum Gasteiger partial charge on any atom is 0.417 e. The van der Waals surface area contributed by atoms with E-state index in [-0.39, 0.29) is 11.5 Å². The largest absolute Gasteiger partial charge is 0.491 e. The fraction of sp³-hybridized carbons (Fsp3) is 0.364. The van der Waals surface area contributed by atoms with Crippen molar-refractivity contribution in [2.24, 2.45) is 0 Å². The van der Waals surface area contributed by atoms with Gasteiger partial charge in [0.15, 0.2) is 0 Å². The summed E-state index contributed by atoms with van der Waals surface area (Å²) < 4.78 is 89.3. The van der Waals surface area contributed by atoms with Crippen LogP contribution in [0.3, 0.4) is 0 Å². The molecule has 0 heterocycles. The number of rotatable bonds is 7. The number of hydrogen-bond acceptors (Lipinski definition) is 4. The van der Waals surface area contributed by atoms with E-state index in [1.54, 1.807) is 13.8 Å². The van der Waals surface area contributed by atoms with Crippen molar-refractivity contribution >= 4 is 0 Å². The van der Waals surface area contributed by atoms with E-state index >= 15 is 0 Å². The molecule has 10 heteroatoms. The Morgan fingerprint density at radius 3 is 1.34 bits per heavy atom. The first-order valence-electron chi connectivity index (χ1n) is 9.41. The van der Waals surface area contributed by atoms with Crippen LogP contribution in [0.5, 0.6) is 11.5 Å². The predicted octanol–water partition coefficient (Wildman–Crippen LogP) is 6.48. The molecule has 0 spiro atoms. The van der Waals surface area contributed by atoms with Crippen LogP contribution in [0, 0.1) is 22.7 Å².